The molecule has 4 aliphatic carbocycles. The molecule has 4 saturated carbocycles. The second kappa shape index (κ2) is 12.2. The van der Waals surface area contributed by atoms with Gasteiger partial charge in [-0.3, -0.25) is 0 Å². The predicted octanol–water partition coefficient (Wildman–Crippen LogP) is 1.31. The lowest BCUT2D eigenvalue weighted by atomic mass is 9.43. The highest BCUT2D eigenvalue weighted by molar-refractivity contribution is 5.85. The maximum atomic E-state index is 12.5. The number of carbonyl (C=O) groups is 1. The highest BCUT2D eigenvalue weighted by Gasteiger charge is 2.68. The van der Waals surface area contributed by atoms with Crippen molar-refractivity contribution in [1.82, 2.24) is 0 Å². The minimum Gasteiger partial charge on any atom is -0.458 e. The Morgan fingerprint density at radius 1 is 0.766 bits per heavy atom. The van der Waals surface area contributed by atoms with Crippen LogP contribution in [0.1, 0.15) is 85.5 Å². The van der Waals surface area contributed by atoms with Crippen molar-refractivity contribution in [2.24, 2.45) is 34.5 Å². The fourth-order valence-electron chi connectivity index (χ4n) is 11.2. The Balaban J connectivity index is 1.01. The summed E-state index contributed by atoms with van der Waals surface area (Å²) >= 11 is 0. The van der Waals surface area contributed by atoms with Gasteiger partial charge >= 0.3 is 5.97 Å². The summed E-state index contributed by atoms with van der Waals surface area (Å²) in [6.45, 7) is 8.17. The second-order valence-electron chi connectivity index (χ2n) is 16.3. The minimum absolute atomic E-state index is 0.0430. The van der Waals surface area contributed by atoms with Gasteiger partial charge < -0.3 is 54.3 Å². The molecule has 7 aliphatic rings. The number of esters is 1. The predicted molar refractivity (Wildman–Crippen MR) is 164 cm³/mol. The van der Waals surface area contributed by atoms with Crippen LogP contribution in [-0.2, 0) is 28.5 Å². The Labute approximate surface area is 276 Å². The molecule has 6 N–H and O–H groups in total. The van der Waals surface area contributed by atoms with Gasteiger partial charge in [-0.05, 0) is 106 Å². The average Bonchev–Trinajstić information content (AvgIpc) is 3.58. The van der Waals surface area contributed by atoms with E-state index in [9.17, 15) is 35.4 Å². The molecular weight excluding hydrogens is 612 g/mol. The van der Waals surface area contributed by atoms with Crippen molar-refractivity contribution in [3.05, 3.63) is 11.6 Å². The number of rotatable bonds is 5. The van der Waals surface area contributed by atoms with E-state index in [0.717, 1.165) is 63.4 Å². The fourth-order valence-corrected chi connectivity index (χ4v) is 11.2. The van der Waals surface area contributed by atoms with Crippen molar-refractivity contribution in [3.8, 4) is 0 Å². The largest absolute Gasteiger partial charge is 0.458 e. The van der Waals surface area contributed by atoms with Gasteiger partial charge in [0.15, 0.2) is 12.6 Å². The molecule has 47 heavy (non-hydrogen) atoms. The zero-order valence-corrected chi connectivity index (χ0v) is 27.9. The van der Waals surface area contributed by atoms with Gasteiger partial charge in [0, 0.05) is 11.5 Å². The van der Waals surface area contributed by atoms with Crippen LogP contribution in [-0.4, -0.2) is 116 Å². The molecule has 3 heterocycles. The fraction of sp³-hybridized carbons (Fsp3) is 0.914. The monoisotopic (exact) mass is 666 g/mol. The first kappa shape index (κ1) is 34.3. The van der Waals surface area contributed by atoms with Crippen molar-refractivity contribution >= 4 is 5.97 Å². The number of cyclic esters (lactones) is 1. The Hall–Kier alpha value is -1.19. The molecule has 12 heteroatoms. The van der Waals surface area contributed by atoms with Gasteiger partial charge in [0.2, 0.25) is 0 Å². The summed E-state index contributed by atoms with van der Waals surface area (Å²) in [5, 5.41) is 65.4. The summed E-state index contributed by atoms with van der Waals surface area (Å²) in [5.74, 6) is 0.862. The molecular formula is C35H54O12. The molecule has 0 spiro atoms. The maximum absolute atomic E-state index is 12.5. The molecule has 6 fully saturated rings. The van der Waals surface area contributed by atoms with E-state index in [4.69, 9.17) is 23.7 Å². The van der Waals surface area contributed by atoms with E-state index >= 15 is 0 Å². The third kappa shape index (κ3) is 5.36. The van der Waals surface area contributed by atoms with Crippen LogP contribution < -0.4 is 0 Å². The van der Waals surface area contributed by atoms with Crippen molar-refractivity contribution in [2.75, 3.05) is 6.61 Å². The van der Waals surface area contributed by atoms with Gasteiger partial charge in [-0.15, -0.1) is 0 Å². The number of hydrogen-bond acceptors (Lipinski definition) is 12. The minimum atomic E-state index is -1.58. The normalized spacial score (nSPS) is 56.3. The Kier molecular flexibility index (Phi) is 8.93. The molecule has 2 saturated heterocycles. The number of hydrogen-bond donors (Lipinski definition) is 6. The van der Waals surface area contributed by atoms with Crippen LogP contribution in [0.2, 0.25) is 0 Å². The summed E-state index contributed by atoms with van der Waals surface area (Å²) in [6.07, 6.45) is -2.82. The summed E-state index contributed by atoms with van der Waals surface area (Å²) in [6, 6.07) is 0. The number of aliphatic hydroxyl groups is 6. The summed E-state index contributed by atoms with van der Waals surface area (Å²) in [7, 11) is 0. The standard InChI is InChI=1S/C35H54O12/c1-16-25(37)27(39)28(40)31(44-16)47-30-26(38)17(2)45-32(29(30)41)46-20-7-10-33(3)19(14-20)5-6-23-22(33)8-11-34(4)21(9-12-35(23,34)42)18-13-24(36)43-15-18/h13,16-17,19-23,25-32,37-42H,5-12,14-15H2,1-4H3/t16?,17?,19-,20+,21-,22?,23-,25+,26+,27?,28+,29+,30?,31+,32+,33?,34?,35+/m1/s1. The second-order valence-corrected chi connectivity index (χ2v) is 16.3. The highest BCUT2D eigenvalue weighted by atomic mass is 16.7. The Bertz CT molecular complexity index is 1230. The average molecular weight is 667 g/mol. The summed E-state index contributed by atoms with van der Waals surface area (Å²) < 4.78 is 29.0. The van der Waals surface area contributed by atoms with E-state index in [1.54, 1.807) is 13.0 Å². The zero-order valence-electron chi connectivity index (χ0n) is 27.9. The van der Waals surface area contributed by atoms with E-state index in [2.05, 4.69) is 13.8 Å². The molecule has 7 rings (SSSR count). The third-order valence-electron chi connectivity index (χ3n) is 14.1. The van der Waals surface area contributed by atoms with Crippen LogP contribution in [0.3, 0.4) is 0 Å². The van der Waals surface area contributed by atoms with Crippen LogP contribution in [0.25, 0.3) is 0 Å². The number of ether oxygens (including phenoxy) is 5. The molecule has 266 valence electrons. The van der Waals surface area contributed by atoms with Gasteiger partial charge in [-0.25, -0.2) is 4.79 Å². The van der Waals surface area contributed by atoms with Gasteiger partial charge in [0.1, 0.15) is 43.2 Å². The quantitative estimate of drug-likeness (QED) is 0.183. The van der Waals surface area contributed by atoms with Crippen LogP contribution in [0.4, 0.5) is 0 Å². The van der Waals surface area contributed by atoms with Gasteiger partial charge in [-0.2, -0.15) is 0 Å². The number of aliphatic hydroxyl groups excluding tert-OH is 5. The Morgan fingerprint density at radius 3 is 2.17 bits per heavy atom. The first-order chi connectivity index (χ1) is 22.2. The van der Waals surface area contributed by atoms with Gasteiger partial charge in [-0.1, -0.05) is 13.8 Å². The molecule has 0 aromatic carbocycles. The lowest BCUT2D eigenvalue weighted by molar-refractivity contribution is -0.359. The van der Waals surface area contributed by atoms with E-state index in [-0.39, 0.29) is 34.7 Å². The lowest BCUT2D eigenvalue weighted by Gasteiger charge is -2.64. The number of carbonyl (C=O) groups excluding carboxylic acids is 1. The van der Waals surface area contributed by atoms with E-state index in [1.807, 2.05) is 0 Å². The smallest absolute Gasteiger partial charge is 0.331 e. The first-order valence-corrected chi connectivity index (χ1v) is 17.8. The van der Waals surface area contributed by atoms with Crippen LogP contribution in [0.5, 0.6) is 0 Å². The molecule has 0 aromatic rings. The van der Waals surface area contributed by atoms with Crippen LogP contribution in [0.15, 0.2) is 11.6 Å². The van der Waals surface area contributed by atoms with E-state index in [0.29, 0.717) is 18.4 Å². The van der Waals surface area contributed by atoms with Crippen LogP contribution >= 0.6 is 0 Å². The van der Waals surface area contributed by atoms with Gasteiger partial charge in [0.05, 0.1) is 23.9 Å². The lowest BCUT2D eigenvalue weighted by Crippen LogP contribution is -2.64. The Morgan fingerprint density at radius 2 is 1.47 bits per heavy atom. The molecule has 18 atom stereocenters. The third-order valence-corrected chi connectivity index (χ3v) is 14.1. The number of fused-ring (bicyclic) bond motifs is 5. The van der Waals surface area contributed by atoms with E-state index in [1.165, 1.54) is 6.92 Å². The molecule has 0 radical (unpaired) electrons. The van der Waals surface area contributed by atoms with Crippen molar-refractivity contribution in [1.29, 1.82) is 0 Å². The molecule has 0 amide bonds. The van der Waals surface area contributed by atoms with Crippen molar-refractivity contribution in [3.63, 3.8) is 0 Å². The van der Waals surface area contributed by atoms with Gasteiger partial charge in [0.25, 0.3) is 0 Å². The van der Waals surface area contributed by atoms with E-state index < -0.39 is 67.0 Å². The topological polar surface area (TPSA) is 185 Å². The highest BCUT2D eigenvalue weighted by Crippen LogP contribution is 2.70. The SMILES string of the molecule is CC1O[C@@H](OC2[C@@H](O)C(C)O[C@@H](O[C@H]3CCC4(C)C5CCC6(C)[C@@H](C7=CC(=O)OC7)CC[C@]6(O)[C@@H]5CC[C@@H]4C3)[C@H]2O)[C@@H](O)C(O)[C@H]1O. The first-order valence-electron chi connectivity index (χ1n) is 17.8. The molecule has 12 nitrogen and oxygen atoms in total. The van der Waals surface area contributed by atoms with Crippen molar-refractivity contribution in [2.45, 2.75) is 159 Å². The molecule has 0 bridgehead atoms. The van der Waals surface area contributed by atoms with Crippen molar-refractivity contribution < 1.29 is 59.1 Å². The van der Waals surface area contributed by atoms with Crippen LogP contribution in [0, 0.1) is 34.5 Å². The summed E-state index contributed by atoms with van der Waals surface area (Å²) in [5.41, 5.74) is 0.0310. The zero-order chi connectivity index (χ0) is 33.6. The molecule has 3 aliphatic heterocycles. The molecule has 0 aromatic heterocycles. The molecule has 7 unspecified atom stereocenters. The summed E-state index contributed by atoms with van der Waals surface area (Å²) in [4.78, 5) is 11.9. The maximum Gasteiger partial charge on any atom is 0.331 e.